The number of thiazole rings is 1. The van der Waals surface area contributed by atoms with Crippen molar-refractivity contribution in [2.75, 3.05) is 5.32 Å². The molecule has 2 aliphatic carbocycles. The largest absolute Gasteiger partial charge is 0.416 e. The molecule has 10 heteroatoms. The maximum absolute atomic E-state index is 13.1. The minimum absolute atomic E-state index is 0.0568. The number of aromatic nitrogens is 3. The zero-order valence-electron chi connectivity index (χ0n) is 18.8. The van der Waals surface area contributed by atoms with Crippen LogP contribution in [0.4, 0.5) is 24.8 Å². The van der Waals surface area contributed by atoms with Gasteiger partial charge >= 0.3 is 6.18 Å². The second-order valence-corrected chi connectivity index (χ2v) is 10.9. The number of rotatable bonds is 4. The van der Waals surface area contributed by atoms with E-state index in [0.717, 1.165) is 64.5 Å². The fraction of sp³-hybridized carbons (Fsp3) is 0.320. The highest BCUT2D eigenvalue weighted by Gasteiger charge is 2.41. The Morgan fingerprint density at radius 2 is 1.94 bits per heavy atom. The van der Waals surface area contributed by atoms with Gasteiger partial charge in [-0.1, -0.05) is 15.9 Å². The Bertz CT molecular complexity index is 1350. The molecule has 0 radical (unpaired) electrons. The van der Waals surface area contributed by atoms with Gasteiger partial charge in [0.25, 0.3) is 0 Å². The lowest BCUT2D eigenvalue weighted by Gasteiger charge is -2.36. The minimum Gasteiger partial charge on any atom is -0.378 e. The average Bonchev–Trinajstić information content (AvgIpc) is 3.30. The fourth-order valence-electron chi connectivity index (χ4n) is 4.62. The molecule has 3 aromatic rings. The lowest BCUT2D eigenvalue weighted by Crippen LogP contribution is -2.32. The number of nitrogens with zero attached hydrogens (tertiary/aromatic N) is 3. The summed E-state index contributed by atoms with van der Waals surface area (Å²) in [6.07, 6.45) is 4.59. The van der Waals surface area contributed by atoms with E-state index in [2.05, 4.69) is 42.3 Å². The molecule has 2 N–H and O–H groups in total. The van der Waals surface area contributed by atoms with Crippen LogP contribution in [0.1, 0.15) is 48.2 Å². The van der Waals surface area contributed by atoms with E-state index >= 15 is 0 Å². The lowest BCUT2D eigenvalue weighted by molar-refractivity contribution is -0.137. The highest BCUT2D eigenvalue weighted by Crippen LogP contribution is 2.48. The number of halogens is 4. The molecular weight excluding hydrogens is 541 g/mol. The first-order chi connectivity index (χ1) is 16.6. The van der Waals surface area contributed by atoms with Crippen LogP contribution in [-0.2, 0) is 11.8 Å². The number of nitrogens with one attached hydrogen (secondary N) is 1. The van der Waals surface area contributed by atoms with Crippen LogP contribution in [0.3, 0.4) is 0 Å². The Morgan fingerprint density at radius 3 is 2.74 bits per heavy atom. The monoisotopic (exact) mass is 562 g/mol. The molecule has 0 fully saturated rings. The van der Waals surface area contributed by atoms with Crippen LogP contribution in [0.5, 0.6) is 0 Å². The topological polar surface area (TPSA) is 70.9 Å². The Kier molecular flexibility index (Phi) is 6.31. The summed E-state index contributed by atoms with van der Waals surface area (Å²) in [7, 11) is 0. The maximum Gasteiger partial charge on any atom is 0.416 e. The highest BCUT2D eigenvalue weighted by atomic mass is 79.9. The van der Waals surface area contributed by atoms with E-state index in [0.29, 0.717) is 22.9 Å². The van der Waals surface area contributed by atoms with Crippen molar-refractivity contribution in [1.29, 1.82) is 0 Å². The minimum atomic E-state index is -4.46. The van der Waals surface area contributed by atoms with Crippen LogP contribution in [0.2, 0.25) is 0 Å². The Hall–Kier alpha value is -2.56. The molecule has 3 heterocycles. The summed E-state index contributed by atoms with van der Waals surface area (Å²) in [5, 5.41) is 15.2. The smallest absolute Gasteiger partial charge is 0.378 e. The molecule has 0 spiro atoms. The van der Waals surface area contributed by atoms with Crippen LogP contribution in [-0.4, -0.2) is 20.1 Å². The normalized spacial score (nSPS) is 20.5. The number of anilines is 2. The molecular formula is C25H22BrF3N4OS. The zero-order chi connectivity index (χ0) is 24.8. The van der Waals surface area contributed by atoms with Gasteiger partial charge in [0.1, 0.15) is 22.2 Å². The molecule has 5 rings (SSSR count). The molecule has 0 aromatic carbocycles. The molecule has 0 amide bonds. The zero-order valence-corrected chi connectivity index (χ0v) is 21.2. The van der Waals surface area contributed by atoms with Gasteiger partial charge in [-0.05, 0) is 90.6 Å². The number of alkyl halides is 3. The number of aryl methyl sites for hydroxylation is 1. The summed E-state index contributed by atoms with van der Waals surface area (Å²) < 4.78 is 40.3. The predicted molar refractivity (Wildman–Crippen MR) is 134 cm³/mol. The number of allylic oxidation sites excluding steroid dienone is 3. The van der Waals surface area contributed by atoms with Crippen molar-refractivity contribution in [3.63, 3.8) is 0 Å². The van der Waals surface area contributed by atoms with Gasteiger partial charge in [0, 0.05) is 12.4 Å². The van der Waals surface area contributed by atoms with Gasteiger partial charge in [0.2, 0.25) is 0 Å². The third-order valence-corrected chi connectivity index (χ3v) is 8.04. The van der Waals surface area contributed by atoms with Crippen LogP contribution in [0.15, 0.2) is 58.4 Å². The van der Waals surface area contributed by atoms with Gasteiger partial charge in [-0.2, -0.15) is 13.2 Å². The molecule has 1 unspecified atom stereocenters. The van der Waals surface area contributed by atoms with E-state index in [-0.39, 0.29) is 5.82 Å². The van der Waals surface area contributed by atoms with Crippen molar-refractivity contribution in [3.05, 3.63) is 74.5 Å². The molecule has 2 aliphatic rings. The second kappa shape index (κ2) is 9.15. The highest BCUT2D eigenvalue weighted by molar-refractivity contribution is 9.11. The second-order valence-electron chi connectivity index (χ2n) is 8.81. The number of aliphatic hydroxyl groups is 1. The van der Waals surface area contributed by atoms with Gasteiger partial charge in [0.05, 0.1) is 16.1 Å². The van der Waals surface area contributed by atoms with Crippen molar-refractivity contribution in [3.8, 4) is 10.6 Å². The lowest BCUT2D eigenvalue weighted by atomic mass is 9.75. The van der Waals surface area contributed by atoms with Crippen LogP contribution in [0, 0.1) is 6.92 Å². The van der Waals surface area contributed by atoms with E-state index in [4.69, 9.17) is 0 Å². The van der Waals surface area contributed by atoms with Crippen molar-refractivity contribution >= 4 is 38.9 Å². The van der Waals surface area contributed by atoms with E-state index < -0.39 is 17.3 Å². The maximum atomic E-state index is 13.1. The van der Waals surface area contributed by atoms with Gasteiger partial charge in [0.15, 0.2) is 0 Å². The van der Waals surface area contributed by atoms with Crippen molar-refractivity contribution in [2.24, 2.45) is 0 Å². The molecule has 0 saturated carbocycles. The standard InChI is InChI=1S/C25H22BrF3N4OS/c1-14-9-19(32-22(10-14)33-21-12-16(6-8-30-21)25(27,28)29)20-13-31-23(35-20)24(34)7-2-3-15-11-17(26)4-5-18(15)24/h6,8-13,34H,2-5,7H2,1H3,(H,30,32,33). The first-order valence-electron chi connectivity index (χ1n) is 11.2. The third kappa shape index (κ3) is 4.92. The summed E-state index contributed by atoms with van der Waals surface area (Å²) in [5.74, 6) is 0.437. The van der Waals surface area contributed by atoms with Gasteiger partial charge in [-0.25, -0.2) is 15.0 Å². The summed E-state index contributed by atoms with van der Waals surface area (Å²) >= 11 is 4.98. The Labute approximate surface area is 213 Å². The first kappa shape index (κ1) is 24.1. The number of hydrogen-bond acceptors (Lipinski definition) is 6. The third-order valence-electron chi connectivity index (χ3n) is 6.24. The van der Waals surface area contributed by atoms with Crippen LogP contribution >= 0.6 is 27.3 Å². The van der Waals surface area contributed by atoms with E-state index in [1.165, 1.54) is 16.9 Å². The van der Waals surface area contributed by atoms with Gasteiger partial charge < -0.3 is 10.4 Å². The molecule has 182 valence electrons. The SMILES string of the molecule is Cc1cc(Nc2cc(C(F)(F)F)ccn2)nc(-c2cnc(C3(O)CCCC4=C3CCC(Br)=C4)s2)c1. The molecule has 0 aliphatic heterocycles. The Balaban J connectivity index is 1.45. The number of hydrogen-bond donors (Lipinski definition) is 2. The van der Waals surface area contributed by atoms with Crippen molar-refractivity contribution in [1.82, 2.24) is 15.0 Å². The van der Waals surface area contributed by atoms with Crippen LogP contribution < -0.4 is 5.32 Å². The van der Waals surface area contributed by atoms with Crippen LogP contribution in [0.25, 0.3) is 10.6 Å². The predicted octanol–water partition coefficient (Wildman–Crippen LogP) is 7.41. The molecule has 0 saturated heterocycles. The number of pyridine rings is 2. The first-order valence-corrected chi connectivity index (χ1v) is 12.8. The molecule has 35 heavy (non-hydrogen) atoms. The summed E-state index contributed by atoms with van der Waals surface area (Å²) in [5.41, 5.74) is 1.86. The molecule has 5 nitrogen and oxygen atoms in total. The van der Waals surface area contributed by atoms with Crippen molar-refractivity contribution in [2.45, 2.75) is 50.8 Å². The summed E-state index contributed by atoms with van der Waals surface area (Å²) in [6, 6.07) is 5.51. The fourth-order valence-corrected chi connectivity index (χ4v) is 6.12. The van der Waals surface area contributed by atoms with E-state index in [9.17, 15) is 18.3 Å². The van der Waals surface area contributed by atoms with Crippen molar-refractivity contribution < 1.29 is 18.3 Å². The van der Waals surface area contributed by atoms with E-state index in [1.54, 1.807) is 12.3 Å². The molecule has 0 bridgehead atoms. The summed E-state index contributed by atoms with van der Waals surface area (Å²) in [6.45, 7) is 1.88. The van der Waals surface area contributed by atoms with E-state index in [1.807, 2.05) is 13.0 Å². The average molecular weight is 563 g/mol. The molecule has 3 aromatic heterocycles. The summed E-state index contributed by atoms with van der Waals surface area (Å²) in [4.78, 5) is 13.9. The molecule has 1 atom stereocenters. The quantitative estimate of drug-likeness (QED) is 0.346. The van der Waals surface area contributed by atoms with Gasteiger partial charge in [-0.15, -0.1) is 11.3 Å². The van der Waals surface area contributed by atoms with Gasteiger partial charge in [-0.3, -0.25) is 0 Å². The Morgan fingerprint density at radius 1 is 1.11 bits per heavy atom.